The van der Waals surface area contributed by atoms with Gasteiger partial charge in [0.1, 0.15) is 0 Å². The van der Waals surface area contributed by atoms with Crippen molar-refractivity contribution in [1.82, 2.24) is 15.1 Å². The Balaban J connectivity index is 1.75. The normalized spacial score (nSPS) is 15.0. The van der Waals surface area contributed by atoms with Gasteiger partial charge in [-0.3, -0.25) is 9.89 Å². The fourth-order valence-electron chi connectivity index (χ4n) is 2.70. The van der Waals surface area contributed by atoms with Crippen LogP contribution >= 0.6 is 0 Å². The molecule has 0 spiro atoms. The SMILES string of the molecule is Cc1cccc(C2=CCN(C(=O)c3cn[nH]c3C)CC2)c1. The van der Waals surface area contributed by atoms with E-state index in [1.54, 1.807) is 6.20 Å². The number of hydrogen-bond donors (Lipinski definition) is 1. The van der Waals surface area contributed by atoms with Crippen LogP contribution in [-0.2, 0) is 0 Å². The summed E-state index contributed by atoms with van der Waals surface area (Å²) in [6, 6.07) is 8.52. The minimum Gasteiger partial charge on any atom is -0.334 e. The van der Waals surface area contributed by atoms with Gasteiger partial charge < -0.3 is 4.90 Å². The number of H-pyrrole nitrogens is 1. The highest BCUT2D eigenvalue weighted by molar-refractivity contribution is 5.95. The maximum absolute atomic E-state index is 12.4. The zero-order chi connectivity index (χ0) is 14.8. The predicted octanol–water partition coefficient (Wildman–Crippen LogP) is 2.96. The molecule has 0 atom stereocenters. The van der Waals surface area contributed by atoms with Crippen LogP contribution < -0.4 is 0 Å². The Labute approximate surface area is 124 Å². The number of amides is 1. The van der Waals surface area contributed by atoms with Crippen LogP contribution in [0.15, 0.2) is 36.5 Å². The van der Waals surface area contributed by atoms with Crippen LogP contribution in [0, 0.1) is 13.8 Å². The van der Waals surface area contributed by atoms with E-state index in [2.05, 4.69) is 47.5 Å². The molecule has 21 heavy (non-hydrogen) atoms. The first-order valence-corrected chi connectivity index (χ1v) is 7.20. The predicted molar refractivity (Wildman–Crippen MR) is 83.0 cm³/mol. The van der Waals surface area contributed by atoms with Gasteiger partial charge in [-0.2, -0.15) is 5.10 Å². The number of aromatic amines is 1. The van der Waals surface area contributed by atoms with Crippen LogP contribution in [0.25, 0.3) is 5.57 Å². The van der Waals surface area contributed by atoms with E-state index in [-0.39, 0.29) is 5.91 Å². The van der Waals surface area contributed by atoms with Gasteiger partial charge in [-0.05, 0) is 31.4 Å². The molecule has 2 aromatic rings. The minimum atomic E-state index is 0.0563. The number of carbonyl (C=O) groups excluding carboxylic acids is 1. The van der Waals surface area contributed by atoms with Gasteiger partial charge in [0.15, 0.2) is 0 Å². The van der Waals surface area contributed by atoms with Crippen LogP contribution in [0.3, 0.4) is 0 Å². The van der Waals surface area contributed by atoms with E-state index in [1.165, 1.54) is 16.7 Å². The number of carbonyl (C=O) groups is 1. The maximum Gasteiger partial charge on any atom is 0.257 e. The molecule has 0 unspecified atom stereocenters. The average molecular weight is 281 g/mol. The largest absolute Gasteiger partial charge is 0.334 e. The first-order chi connectivity index (χ1) is 10.1. The number of rotatable bonds is 2. The second-order valence-electron chi connectivity index (χ2n) is 5.51. The number of aromatic nitrogens is 2. The van der Waals surface area contributed by atoms with E-state index >= 15 is 0 Å². The van der Waals surface area contributed by atoms with E-state index in [1.807, 2.05) is 11.8 Å². The van der Waals surface area contributed by atoms with Crippen molar-refractivity contribution in [1.29, 1.82) is 0 Å². The molecule has 0 bridgehead atoms. The highest BCUT2D eigenvalue weighted by Gasteiger charge is 2.21. The van der Waals surface area contributed by atoms with Crippen molar-refractivity contribution in [2.45, 2.75) is 20.3 Å². The summed E-state index contributed by atoms with van der Waals surface area (Å²) in [6.45, 7) is 5.39. The second kappa shape index (κ2) is 5.56. The molecule has 0 aliphatic carbocycles. The summed E-state index contributed by atoms with van der Waals surface area (Å²) in [5.74, 6) is 0.0563. The standard InChI is InChI=1S/C17H19N3O/c1-12-4-3-5-15(10-12)14-6-8-20(9-7-14)17(21)16-11-18-19-13(16)2/h3-6,10-11H,7-9H2,1-2H3,(H,18,19). The van der Waals surface area contributed by atoms with Gasteiger partial charge in [0.05, 0.1) is 11.8 Å². The number of aryl methyl sites for hydroxylation is 2. The minimum absolute atomic E-state index is 0.0563. The van der Waals surface area contributed by atoms with E-state index in [0.29, 0.717) is 12.1 Å². The van der Waals surface area contributed by atoms with Crippen LogP contribution in [-0.4, -0.2) is 34.1 Å². The molecule has 0 fully saturated rings. The lowest BCUT2D eigenvalue weighted by Crippen LogP contribution is -2.34. The Bertz CT molecular complexity index is 700. The summed E-state index contributed by atoms with van der Waals surface area (Å²) >= 11 is 0. The zero-order valence-corrected chi connectivity index (χ0v) is 12.4. The zero-order valence-electron chi connectivity index (χ0n) is 12.4. The molecule has 0 saturated carbocycles. The van der Waals surface area contributed by atoms with Gasteiger partial charge in [-0.1, -0.05) is 35.9 Å². The number of nitrogens with one attached hydrogen (secondary N) is 1. The van der Waals surface area contributed by atoms with Crippen molar-refractivity contribution in [3.05, 3.63) is 58.9 Å². The fourth-order valence-corrected chi connectivity index (χ4v) is 2.70. The maximum atomic E-state index is 12.4. The summed E-state index contributed by atoms with van der Waals surface area (Å²) in [7, 11) is 0. The molecule has 1 aliphatic heterocycles. The van der Waals surface area contributed by atoms with Crippen molar-refractivity contribution in [3.8, 4) is 0 Å². The molecule has 1 aromatic carbocycles. The van der Waals surface area contributed by atoms with Crippen LogP contribution in [0.1, 0.15) is 33.6 Å². The molecule has 1 amide bonds. The molecule has 2 heterocycles. The fraction of sp³-hybridized carbons (Fsp3) is 0.294. The number of benzene rings is 1. The topological polar surface area (TPSA) is 49.0 Å². The molecule has 1 aliphatic rings. The molecule has 108 valence electrons. The molecule has 4 nitrogen and oxygen atoms in total. The molecular weight excluding hydrogens is 262 g/mol. The molecule has 0 radical (unpaired) electrons. The molecule has 0 saturated heterocycles. The third-order valence-electron chi connectivity index (χ3n) is 3.95. The third kappa shape index (κ3) is 2.75. The average Bonchev–Trinajstić information content (AvgIpc) is 2.93. The number of nitrogens with zero attached hydrogens (tertiary/aromatic N) is 2. The summed E-state index contributed by atoms with van der Waals surface area (Å²) in [5, 5.41) is 6.74. The molecule has 1 N–H and O–H groups in total. The van der Waals surface area contributed by atoms with Crippen molar-refractivity contribution >= 4 is 11.5 Å². The smallest absolute Gasteiger partial charge is 0.257 e. The van der Waals surface area contributed by atoms with Crippen molar-refractivity contribution in [3.63, 3.8) is 0 Å². The van der Waals surface area contributed by atoms with Gasteiger partial charge >= 0.3 is 0 Å². The van der Waals surface area contributed by atoms with Crippen molar-refractivity contribution < 1.29 is 4.79 Å². The van der Waals surface area contributed by atoms with E-state index < -0.39 is 0 Å². The van der Waals surface area contributed by atoms with E-state index in [4.69, 9.17) is 0 Å². The lowest BCUT2D eigenvalue weighted by Gasteiger charge is -2.26. The molecule has 4 heteroatoms. The highest BCUT2D eigenvalue weighted by atomic mass is 16.2. The molecule has 1 aromatic heterocycles. The quantitative estimate of drug-likeness (QED) is 0.920. The van der Waals surface area contributed by atoms with Crippen LogP contribution in [0.2, 0.25) is 0 Å². The third-order valence-corrected chi connectivity index (χ3v) is 3.95. The van der Waals surface area contributed by atoms with Gasteiger partial charge in [0.2, 0.25) is 0 Å². The lowest BCUT2D eigenvalue weighted by molar-refractivity contribution is 0.0772. The monoisotopic (exact) mass is 281 g/mol. The summed E-state index contributed by atoms with van der Waals surface area (Å²) in [6.07, 6.45) is 4.66. The Kier molecular flexibility index (Phi) is 3.60. The van der Waals surface area contributed by atoms with Gasteiger partial charge in [-0.15, -0.1) is 0 Å². The Morgan fingerprint density at radius 3 is 2.81 bits per heavy atom. The summed E-state index contributed by atoms with van der Waals surface area (Å²) < 4.78 is 0. The van der Waals surface area contributed by atoms with Gasteiger partial charge in [-0.25, -0.2) is 0 Å². The molecular formula is C17H19N3O. The Morgan fingerprint density at radius 2 is 2.19 bits per heavy atom. The Morgan fingerprint density at radius 1 is 1.33 bits per heavy atom. The molecule has 3 rings (SSSR count). The first kappa shape index (κ1) is 13.6. The summed E-state index contributed by atoms with van der Waals surface area (Å²) in [5.41, 5.74) is 5.35. The van der Waals surface area contributed by atoms with Crippen molar-refractivity contribution in [2.75, 3.05) is 13.1 Å². The van der Waals surface area contributed by atoms with E-state index in [0.717, 1.165) is 18.7 Å². The highest BCUT2D eigenvalue weighted by Crippen LogP contribution is 2.24. The van der Waals surface area contributed by atoms with Crippen molar-refractivity contribution in [2.24, 2.45) is 0 Å². The van der Waals surface area contributed by atoms with Crippen LogP contribution in [0.5, 0.6) is 0 Å². The lowest BCUT2D eigenvalue weighted by atomic mass is 9.98. The summed E-state index contributed by atoms with van der Waals surface area (Å²) in [4.78, 5) is 14.3. The van der Waals surface area contributed by atoms with Gasteiger partial charge in [0, 0.05) is 18.8 Å². The first-order valence-electron chi connectivity index (χ1n) is 7.20. The van der Waals surface area contributed by atoms with Crippen LogP contribution in [0.4, 0.5) is 0 Å². The van der Waals surface area contributed by atoms with Gasteiger partial charge in [0.25, 0.3) is 5.91 Å². The second-order valence-corrected chi connectivity index (χ2v) is 5.51. The Hall–Kier alpha value is -2.36. The number of hydrogen-bond acceptors (Lipinski definition) is 2. The van der Waals surface area contributed by atoms with E-state index in [9.17, 15) is 4.79 Å².